The van der Waals surface area contributed by atoms with Crippen molar-refractivity contribution in [2.45, 2.75) is 32.4 Å². The van der Waals surface area contributed by atoms with Gasteiger partial charge in [0, 0.05) is 39.3 Å². The number of piperidine rings is 1. The van der Waals surface area contributed by atoms with E-state index in [1.165, 1.54) is 0 Å². The Morgan fingerprint density at radius 3 is 2.62 bits per heavy atom. The molecule has 2 aromatic rings. The Morgan fingerprint density at radius 1 is 1.23 bits per heavy atom. The maximum absolute atomic E-state index is 11.4. The number of aliphatic imine (C=N–C) groups is 1. The molecule has 0 bridgehead atoms. The van der Waals surface area contributed by atoms with Crippen molar-refractivity contribution in [2.75, 3.05) is 20.1 Å². The number of nitrogens with one attached hydrogen (secondary N) is 2. The molecule has 7 heteroatoms. The summed E-state index contributed by atoms with van der Waals surface area (Å²) < 4.78 is 1.87. The second-order valence-electron chi connectivity index (χ2n) is 6.44. The highest BCUT2D eigenvalue weighted by Gasteiger charge is 2.21. The molecule has 138 valence electrons. The summed E-state index contributed by atoms with van der Waals surface area (Å²) in [6.07, 6.45) is 3.83. The van der Waals surface area contributed by atoms with Gasteiger partial charge in [-0.05, 0) is 31.0 Å². The summed E-state index contributed by atoms with van der Waals surface area (Å²) in [5.41, 5.74) is 1.99. The van der Waals surface area contributed by atoms with E-state index in [2.05, 4.69) is 20.7 Å². The van der Waals surface area contributed by atoms with E-state index in [0.717, 1.165) is 43.3 Å². The molecular weight excluding hydrogens is 328 g/mol. The van der Waals surface area contributed by atoms with Crippen LogP contribution in [0, 0.1) is 0 Å². The van der Waals surface area contributed by atoms with Gasteiger partial charge in [0.05, 0.1) is 17.9 Å². The molecule has 26 heavy (non-hydrogen) atoms. The summed E-state index contributed by atoms with van der Waals surface area (Å²) in [5, 5.41) is 11.3. The van der Waals surface area contributed by atoms with Crippen molar-refractivity contribution in [3.63, 3.8) is 0 Å². The van der Waals surface area contributed by atoms with E-state index in [-0.39, 0.29) is 5.91 Å². The first-order valence-electron chi connectivity index (χ1n) is 8.98. The van der Waals surface area contributed by atoms with Crippen LogP contribution in [0.3, 0.4) is 0 Å². The smallest absolute Gasteiger partial charge is 0.219 e. The number of rotatable bonds is 4. The van der Waals surface area contributed by atoms with E-state index in [4.69, 9.17) is 0 Å². The summed E-state index contributed by atoms with van der Waals surface area (Å²) in [5.74, 6) is 0.917. The Balaban J connectivity index is 1.49. The van der Waals surface area contributed by atoms with Crippen LogP contribution in [0.25, 0.3) is 5.69 Å². The molecule has 3 rings (SSSR count). The van der Waals surface area contributed by atoms with Crippen LogP contribution in [0.2, 0.25) is 0 Å². The Labute approximate surface area is 154 Å². The van der Waals surface area contributed by atoms with Gasteiger partial charge in [0.15, 0.2) is 5.96 Å². The fourth-order valence-electron chi connectivity index (χ4n) is 3.08. The second-order valence-corrected chi connectivity index (χ2v) is 6.44. The molecule has 7 nitrogen and oxygen atoms in total. The lowest BCUT2D eigenvalue weighted by Crippen LogP contribution is -2.49. The minimum absolute atomic E-state index is 0.153. The minimum Gasteiger partial charge on any atom is -0.354 e. The lowest BCUT2D eigenvalue weighted by molar-refractivity contribution is -0.129. The fourth-order valence-corrected chi connectivity index (χ4v) is 3.08. The van der Waals surface area contributed by atoms with Crippen LogP contribution in [-0.4, -0.2) is 52.7 Å². The maximum atomic E-state index is 11.4. The van der Waals surface area contributed by atoms with Gasteiger partial charge < -0.3 is 15.5 Å². The van der Waals surface area contributed by atoms with Gasteiger partial charge in [-0.3, -0.25) is 9.79 Å². The van der Waals surface area contributed by atoms with Gasteiger partial charge in [0.2, 0.25) is 5.91 Å². The quantitative estimate of drug-likeness (QED) is 0.645. The zero-order valence-electron chi connectivity index (χ0n) is 15.4. The number of para-hydroxylation sites is 1. The molecule has 0 saturated carbocycles. The van der Waals surface area contributed by atoms with Gasteiger partial charge in [-0.25, -0.2) is 4.68 Å². The Morgan fingerprint density at radius 2 is 1.96 bits per heavy atom. The van der Waals surface area contributed by atoms with Crippen molar-refractivity contribution >= 4 is 11.9 Å². The van der Waals surface area contributed by atoms with Crippen molar-refractivity contribution in [2.24, 2.45) is 4.99 Å². The summed E-state index contributed by atoms with van der Waals surface area (Å²) in [4.78, 5) is 17.6. The highest BCUT2D eigenvalue weighted by molar-refractivity contribution is 5.80. The van der Waals surface area contributed by atoms with Crippen LogP contribution in [0.15, 0.2) is 47.6 Å². The van der Waals surface area contributed by atoms with Gasteiger partial charge in [0.25, 0.3) is 0 Å². The molecule has 1 aliphatic rings. The highest BCUT2D eigenvalue weighted by Crippen LogP contribution is 2.10. The fraction of sp³-hybridized carbons (Fsp3) is 0.421. The van der Waals surface area contributed by atoms with E-state index in [1.807, 2.05) is 52.2 Å². The highest BCUT2D eigenvalue weighted by atomic mass is 16.2. The molecule has 0 radical (unpaired) electrons. The monoisotopic (exact) mass is 354 g/mol. The number of likely N-dealkylation sites (tertiary alicyclic amines) is 1. The third-order valence-electron chi connectivity index (χ3n) is 4.61. The van der Waals surface area contributed by atoms with E-state index in [0.29, 0.717) is 12.6 Å². The zero-order chi connectivity index (χ0) is 18.4. The van der Waals surface area contributed by atoms with E-state index in [1.54, 1.807) is 14.0 Å². The van der Waals surface area contributed by atoms with Crippen molar-refractivity contribution in [3.05, 3.63) is 48.3 Å². The van der Waals surface area contributed by atoms with E-state index < -0.39 is 0 Å². The number of benzene rings is 1. The average Bonchev–Trinajstić information content (AvgIpc) is 3.15. The van der Waals surface area contributed by atoms with Gasteiger partial charge in [-0.2, -0.15) is 5.10 Å². The van der Waals surface area contributed by atoms with Crippen molar-refractivity contribution in [1.29, 1.82) is 0 Å². The third kappa shape index (κ3) is 4.62. The average molecular weight is 354 g/mol. The lowest BCUT2D eigenvalue weighted by atomic mass is 10.1. The first kappa shape index (κ1) is 18.0. The van der Waals surface area contributed by atoms with Crippen LogP contribution in [-0.2, 0) is 11.3 Å². The maximum Gasteiger partial charge on any atom is 0.219 e. The Bertz CT molecular complexity index is 746. The van der Waals surface area contributed by atoms with Crippen LogP contribution in [0.5, 0.6) is 0 Å². The summed E-state index contributed by atoms with van der Waals surface area (Å²) in [6, 6.07) is 12.4. The number of carbonyl (C=O) groups excluding carboxylic acids is 1. The van der Waals surface area contributed by atoms with Gasteiger partial charge in [-0.1, -0.05) is 18.2 Å². The van der Waals surface area contributed by atoms with E-state index in [9.17, 15) is 4.79 Å². The molecule has 0 spiro atoms. The van der Waals surface area contributed by atoms with Crippen molar-refractivity contribution in [3.8, 4) is 5.69 Å². The van der Waals surface area contributed by atoms with Crippen LogP contribution < -0.4 is 10.6 Å². The first-order valence-corrected chi connectivity index (χ1v) is 8.98. The van der Waals surface area contributed by atoms with E-state index >= 15 is 0 Å². The minimum atomic E-state index is 0.153. The largest absolute Gasteiger partial charge is 0.354 e. The van der Waals surface area contributed by atoms with Gasteiger partial charge in [0.1, 0.15) is 0 Å². The van der Waals surface area contributed by atoms with Crippen LogP contribution in [0.4, 0.5) is 0 Å². The van der Waals surface area contributed by atoms with Gasteiger partial charge >= 0.3 is 0 Å². The summed E-state index contributed by atoms with van der Waals surface area (Å²) >= 11 is 0. The molecule has 1 saturated heterocycles. The molecule has 1 aromatic heterocycles. The number of hydrogen-bond acceptors (Lipinski definition) is 3. The molecule has 2 heterocycles. The summed E-state index contributed by atoms with van der Waals surface area (Å²) in [6.45, 7) is 3.82. The normalized spacial score (nSPS) is 15.8. The molecule has 0 aliphatic carbocycles. The first-order chi connectivity index (χ1) is 12.7. The van der Waals surface area contributed by atoms with Crippen LogP contribution in [0.1, 0.15) is 25.5 Å². The Hall–Kier alpha value is -2.83. The molecular formula is C19H26N6O. The summed E-state index contributed by atoms with van der Waals surface area (Å²) in [7, 11) is 1.77. The molecule has 1 aromatic carbocycles. The second kappa shape index (κ2) is 8.51. The zero-order valence-corrected chi connectivity index (χ0v) is 15.4. The number of amides is 1. The van der Waals surface area contributed by atoms with Crippen molar-refractivity contribution in [1.82, 2.24) is 25.3 Å². The molecule has 1 amide bonds. The predicted molar refractivity (Wildman–Crippen MR) is 102 cm³/mol. The van der Waals surface area contributed by atoms with Gasteiger partial charge in [-0.15, -0.1) is 0 Å². The molecule has 0 unspecified atom stereocenters. The lowest BCUT2D eigenvalue weighted by Gasteiger charge is -2.32. The number of aromatic nitrogens is 2. The molecule has 2 N–H and O–H groups in total. The van der Waals surface area contributed by atoms with Crippen LogP contribution >= 0.6 is 0 Å². The molecule has 1 fully saturated rings. The third-order valence-corrected chi connectivity index (χ3v) is 4.61. The SMILES string of the molecule is CN=C(NCc1ccn(-c2ccccc2)n1)NC1CCN(C(C)=O)CC1. The molecule has 0 atom stereocenters. The predicted octanol–water partition coefficient (Wildman–Crippen LogP) is 1.55. The Kier molecular flexibility index (Phi) is 5.88. The number of nitrogens with zero attached hydrogens (tertiary/aromatic N) is 4. The number of guanidine groups is 1. The number of hydrogen-bond donors (Lipinski definition) is 2. The molecule has 1 aliphatic heterocycles. The topological polar surface area (TPSA) is 74.6 Å². The van der Waals surface area contributed by atoms with Crippen molar-refractivity contribution < 1.29 is 4.79 Å². The number of carbonyl (C=O) groups is 1. The standard InChI is InChI=1S/C19H26N6O/c1-15(26)24-11-8-16(9-12-24)22-19(20-2)21-14-17-10-13-25(23-17)18-6-4-3-5-7-18/h3-7,10,13,16H,8-9,11-12,14H2,1-2H3,(H2,20,21,22).